The number of benzene rings is 1. The lowest BCUT2D eigenvalue weighted by Gasteiger charge is -2.09. The molecule has 65 valence electrons. The molecule has 12 heavy (non-hydrogen) atoms. The number of hydrogen-bond donors (Lipinski definition) is 0. The van der Waals surface area contributed by atoms with Gasteiger partial charge in [-0.05, 0) is 59.0 Å². The molecule has 1 aromatic carbocycles. The molecule has 0 aliphatic rings. The molecule has 0 aliphatic heterocycles. The largest absolute Gasteiger partial charge is 0.0613 e. The van der Waals surface area contributed by atoms with Crippen LogP contribution in [0.5, 0.6) is 0 Å². The molecule has 0 N–H and O–H groups in total. The van der Waals surface area contributed by atoms with E-state index >= 15 is 0 Å². The molecule has 0 saturated heterocycles. The standard InChI is InChI=1S/C11H14I/c1-4-9-5-6-11(12)10(7-9)8(2)3/h5-8H,2,4H2,1,3H3. The molecule has 0 nitrogen and oxygen atoms in total. The van der Waals surface area contributed by atoms with Gasteiger partial charge in [0.15, 0.2) is 0 Å². The van der Waals surface area contributed by atoms with Crippen LogP contribution in [-0.2, 0) is 6.42 Å². The summed E-state index contributed by atoms with van der Waals surface area (Å²) in [5.74, 6) is 0.392. The van der Waals surface area contributed by atoms with Crippen molar-refractivity contribution in [2.24, 2.45) is 0 Å². The minimum absolute atomic E-state index is 0.392. The summed E-state index contributed by atoms with van der Waals surface area (Å²) in [7, 11) is 0. The fraction of sp³-hybridized carbons (Fsp3) is 0.364. The first-order valence-electron chi connectivity index (χ1n) is 4.26. The zero-order chi connectivity index (χ0) is 9.14. The molecule has 0 heterocycles. The predicted octanol–water partition coefficient (Wildman–Crippen LogP) is 3.79. The molecule has 0 aliphatic carbocycles. The first-order chi connectivity index (χ1) is 5.65. The van der Waals surface area contributed by atoms with Crippen molar-refractivity contribution in [3.05, 3.63) is 39.8 Å². The summed E-state index contributed by atoms with van der Waals surface area (Å²) in [6, 6.07) is 6.63. The van der Waals surface area contributed by atoms with Gasteiger partial charge in [0, 0.05) is 3.57 Å². The summed E-state index contributed by atoms with van der Waals surface area (Å²) in [5, 5.41) is 0. The quantitative estimate of drug-likeness (QED) is 0.719. The van der Waals surface area contributed by atoms with E-state index in [4.69, 9.17) is 0 Å². The molecule has 1 heteroatoms. The lowest BCUT2D eigenvalue weighted by molar-refractivity contribution is 0.946. The fourth-order valence-corrected chi connectivity index (χ4v) is 2.06. The average molecular weight is 273 g/mol. The van der Waals surface area contributed by atoms with Gasteiger partial charge in [-0.2, -0.15) is 0 Å². The molecular weight excluding hydrogens is 259 g/mol. The van der Waals surface area contributed by atoms with E-state index < -0.39 is 0 Å². The Labute approximate surface area is 88.5 Å². The second-order valence-electron chi connectivity index (χ2n) is 3.11. The van der Waals surface area contributed by atoms with E-state index in [0.717, 1.165) is 6.42 Å². The van der Waals surface area contributed by atoms with Gasteiger partial charge in [0.2, 0.25) is 0 Å². The summed E-state index contributed by atoms with van der Waals surface area (Å²) < 4.78 is 1.33. The second-order valence-corrected chi connectivity index (χ2v) is 4.27. The van der Waals surface area contributed by atoms with Crippen LogP contribution in [0.3, 0.4) is 0 Å². The summed E-state index contributed by atoms with van der Waals surface area (Å²) >= 11 is 2.37. The Hall–Kier alpha value is -0.0500. The van der Waals surface area contributed by atoms with Gasteiger partial charge in [0.05, 0.1) is 0 Å². The number of hydrogen-bond acceptors (Lipinski definition) is 0. The first kappa shape index (κ1) is 10.0. The van der Waals surface area contributed by atoms with Gasteiger partial charge in [-0.25, -0.2) is 0 Å². The SMILES string of the molecule is [CH2]C(C)c1cc(CC)ccc1I. The molecule has 1 rings (SSSR count). The van der Waals surface area contributed by atoms with Crippen molar-refractivity contribution in [1.29, 1.82) is 0 Å². The Morgan fingerprint density at radius 2 is 2.17 bits per heavy atom. The van der Waals surface area contributed by atoms with Crippen LogP contribution in [0, 0.1) is 10.5 Å². The zero-order valence-electron chi connectivity index (χ0n) is 7.60. The maximum atomic E-state index is 4.04. The van der Waals surface area contributed by atoms with Gasteiger partial charge in [-0.3, -0.25) is 0 Å². The molecule has 0 saturated carbocycles. The first-order valence-corrected chi connectivity index (χ1v) is 5.34. The molecule has 0 spiro atoms. The van der Waals surface area contributed by atoms with Crippen molar-refractivity contribution in [2.75, 3.05) is 0 Å². The Bertz CT molecular complexity index is 264. The normalized spacial score (nSPS) is 10.8. The molecular formula is C11H14I. The Morgan fingerprint density at radius 3 is 2.67 bits per heavy atom. The zero-order valence-corrected chi connectivity index (χ0v) is 9.76. The van der Waals surface area contributed by atoms with E-state index in [1.165, 1.54) is 14.7 Å². The van der Waals surface area contributed by atoms with Crippen LogP contribution in [-0.4, -0.2) is 0 Å². The highest BCUT2D eigenvalue weighted by molar-refractivity contribution is 14.1. The number of halogens is 1. The molecule has 1 radical (unpaired) electrons. The third kappa shape index (κ3) is 2.22. The van der Waals surface area contributed by atoms with Gasteiger partial charge in [-0.1, -0.05) is 26.0 Å². The number of aryl methyl sites for hydroxylation is 1. The van der Waals surface area contributed by atoms with Crippen LogP contribution in [0.15, 0.2) is 18.2 Å². The minimum atomic E-state index is 0.392. The van der Waals surface area contributed by atoms with Crippen molar-refractivity contribution < 1.29 is 0 Å². The van der Waals surface area contributed by atoms with Gasteiger partial charge in [-0.15, -0.1) is 0 Å². The molecule has 0 amide bonds. The van der Waals surface area contributed by atoms with Crippen molar-refractivity contribution in [2.45, 2.75) is 26.2 Å². The Morgan fingerprint density at radius 1 is 1.50 bits per heavy atom. The van der Waals surface area contributed by atoms with E-state index in [1.54, 1.807) is 0 Å². The highest BCUT2D eigenvalue weighted by atomic mass is 127. The van der Waals surface area contributed by atoms with Crippen LogP contribution >= 0.6 is 22.6 Å². The maximum absolute atomic E-state index is 4.04. The average Bonchev–Trinajstić information content (AvgIpc) is 2.05. The second kappa shape index (κ2) is 4.26. The van der Waals surface area contributed by atoms with Gasteiger partial charge in [0.1, 0.15) is 0 Å². The predicted molar refractivity (Wildman–Crippen MR) is 62.3 cm³/mol. The highest BCUT2D eigenvalue weighted by Crippen LogP contribution is 2.22. The van der Waals surface area contributed by atoms with E-state index in [9.17, 15) is 0 Å². The van der Waals surface area contributed by atoms with E-state index in [-0.39, 0.29) is 0 Å². The van der Waals surface area contributed by atoms with Crippen LogP contribution in [0.25, 0.3) is 0 Å². The maximum Gasteiger partial charge on any atom is 0.0165 e. The Balaban J connectivity index is 3.08. The third-order valence-corrected chi connectivity index (χ3v) is 2.98. The lowest BCUT2D eigenvalue weighted by Crippen LogP contribution is -1.93. The van der Waals surface area contributed by atoms with Crippen molar-refractivity contribution in [1.82, 2.24) is 0 Å². The summed E-state index contributed by atoms with van der Waals surface area (Å²) in [6.45, 7) is 8.36. The van der Waals surface area contributed by atoms with E-state index in [1.807, 2.05) is 0 Å². The molecule has 1 aromatic rings. The van der Waals surface area contributed by atoms with Crippen molar-refractivity contribution >= 4 is 22.6 Å². The lowest BCUT2D eigenvalue weighted by atomic mass is 10.0. The van der Waals surface area contributed by atoms with Crippen LogP contribution in [0.4, 0.5) is 0 Å². The van der Waals surface area contributed by atoms with Crippen molar-refractivity contribution in [3.8, 4) is 0 Å². The Kier molecular flexibility index (Phi) is 3.56. The third-order valence-electron chi connectivity index (χ3n) is 2.00. The topological polar surface area (TPSA) is 0 Å². The van der Waals surface area contributed by atoms with Crippen LogP contribution < -0.4 is 0 Å². The van der Waals surface area contributed by atoms with Gasteiger partial charge < -0.3 is 0 Å². The summed E-state index contributed by atoms with van der Waals surface area (Å²) in [4.78, 5) is 0. The monoisotopic (exact) mass is 273 g/mol. The molecule has 0 fully saturated rings. The fourth-order valence-electron chi connectivity index (χ4n) is 1.19. The summed E-state index contributed by atoms with van der Waals surface area (Å²) in [6.07, 6.45) is 1.11. The number of rotatable bonds is 2. The van der Waals surface area contributed by atoms with Crippen molar-refractivity contribution in [3.63, 3.8) is 0 Å². The van der Waals surface area contributed by atoms with E-state index in [2.05, 4.69) is 61.6 Å². The minimum Gasteiger partial charge on any atom is -0.0613 e. The molecule has 0 bridgehead atoms. The molecule has 1 unspecified atom stereocenters. The van der Waals surface area contributed by atoms with Crippen LogP contribution in [0.1, 0.15) is 30.9 Å². The van der Waals surface area contributed by atoms with Crippen LogP contribution in [0.2, 0.25) is 0 Å². The summed E-state index contributed by atoms with van der Waals surface area (Å²) in [5.41, 5.74) is 2.77. The molecule has 0 aromatic heterocycles. The van der Waals surface area contributed by atoms with Gasteiger partial charge >= 0.3 is 0 Å². The van der Waals surface area contributed by atoms with Gasteiger partial charge in [0.25, 0.3) is 0 Å². The van der Waals surface area contributed by atoms with E-state index in [0.29, 0.717) is 5.92 Å². The highest BCUT2D eigenvalue weighted by Gasteiger charge is 2.04. The smallest absolute Gasteiger partial charge is 0.0165 e. The molecule has 1 atom stereocenters.